The number of rotatable bonds is 2. The van der Waals surface area contributed by atoms with Crippen molar-refractivity contribution in [3.63, 3.8) is 0 Å². The summed E-state index contributed by atoms with van der Waals surface area (Å²) in [4.78, 5) is 6.93. The molecule has 2 fully saturated rings. The van der Waals surface area contributed by atoms with Gasteiger partial charge in [0.05, 0.1) is 13.2 Å². The molecule has 4 rings (SSSR count). The third kappa shape index (κ3) is 2.97. The summed E-state index contributed by atoms with van der Waals surface area (Å²) in [5.74, 6) is 2.55. The molecule has 1 aromatic carbocycles. The molecule has 2 unspecified atom stereocenters. The average molecular weight is 329 g/mol. The Morgan fingerprint density at radius 3 is 3.08 bits per heavy atom. The van der Waals surface area contributed by atoms with Gasteiger partial charge in [0, 0.05) is 44.6 Å². The largest absolute Gasteiger partial charge is 0.493 e. The maximum absolute atomic E-state index is 5.77. The van der Waals surface area contributed by atoms with Crippen LogP contribution < -0.4 is 10.1 Å². The van der Waals surface area contributed by atoms with E-state index in [1.54, 1.807) is 0 Å². The van der Waals surface area contributed by atoms with Crippen LogP contribution in [0.2, 0.25) is 0 Å². The van der Waals surface area contributed by atoms with Crippen LogP contribution in [0, 0.1) is 5.41 Å². The molecule has 1 aromatic rings. The van der Waals surface area contributed by atoms with Crippen molar-refractivity contribution >= 4 is 5.96 Å². The summed E-state index contributed by atoms with van der Waals surface area (Å²) in [7, 11) is 1.89. The first-order valence-electron chi connectivity index (χ1n) is 9.05. The highest BCUT2D eigenvalue weighted by atomic mass is 16.5. The van der Waals surface area contributed by atoms with Gasteiger partial charge >= 0.3 is 0 Å². The minimum atomic E-state index is 0.364. The first-order valence-corrected chi connectivity index (χ1v) is 9.05. The fourth-order valence-electron chi connectivity index (χ4n) is 4.26. The maximum atomic E-state index is 5.77. The van der Waals surface area contributed by atoms with Crippen LogP contribution in [0.3, 0.4) is 0 Å². The van der Waals surface area contributed by atoms with Crippen LogP contribution >= 0.6 is 0 Å². The Labute approximate surface area is 144 Å². The molecule has 130 valence electrons. The van der Waals surface area contributed by atoms with Gasteiger partial charge in [-0.3, -0.25) is 4.99 Å². The van der Waals surface area contributed by atoms with Crippen molar-refractivity contribution in [1.82, 2.24) is 10.2 Å². The molecule has 0 saturated carbocycles. The lowest BCUT2D eigenvalue weighted by molar-refractivity contribution is 0.156. The van der Waals surface area contributed by atoms with E-state index in [2.05, 4.69) is 33.4 Å². The molecule has 24 heavy (non-hydrogen) atoms. The van der Waals surface area contributed by atoms with E-state index in [0.717, 1.165) is 57.6 Å². The first-order chi connectivity index (χ1) is 11.8. The van der Waals surface area contributed by atoms with E-state index >= 15 is 0 Å². The molecule has 0 amide bonds. The second kappa shape index (κ2) is 6.63. The number of benzene rings is 1. The molecule has 5 nitrogen and oxygen atoms in total. The Balaban J connectivity index is 1.38. The van der Waals surface area contributed by atoms with Gasteiger partial charge in [-0.1, -0.05) is 18.2 Å². The summed E-state index contributed by atoms with van der Waals surface area (Å²) in [5, 5.41) is 3.61. The van der Waals surface area contributed by atoms with Gasteiger partial charge in [0.1, 0.15) is 5.75 Å². The third-order valence-corrected chi connectivity index (χ3v) is 5.72. The number of likely N-dealkylation sites (tertiary alicyclic amines) is 1. The van der Waals surface area contributed by atoms with Gasteiger partial charge in [-0.05, 0) is 30.9 Å². The molecule has 1 N–H and O–H groups in total. The highest BCUT2D eigenvalue weighted by molar-refractivity contribution is 5.80. The second-order valence-electron chi connectivity index (χ2n) is 7.27. The Hall–Kier alpha value is -1.75. The zero-order valence-electron chi connectivity index (χ0n) is 14.5. The van der Waals surface area contributed by atoms with Crippen LogP contribution in [-0.4, -0.2) is 57.4 Å². The topological polar surface area (TPSA) is 46.1 Å². The summed E-state index contributed by atoms with van der Waals surface area (Å²) in [6.07, 6.45) is 3.46. The molecule has 3 aliphatic heterocycles. The van der Waals surface area contributed by atoms with Gasteiger partial charge in [-0.25, -0.2) is 0 Å². The lowest BCUT2D eigenvalue weighted by atomic mass is 9.87. The highest BCUT2D eigenvalue weighted by Crippen LogP contribution is 2.38. The van der Waals surface area contributed by atoms with E-state index in [1.807, 2.05) is 13.1 Å². The van der Waals surface area contributed by atoms with Crippen LogP contribution in [0.5, 0.6) is 5.75 Å². The predicted molar refractivity (Wildman–Crippen MR) is 94.7 cm³/mol. The monoisotopic (exact) mass is 329 g/mol. The van der Waals surface area contributed by atoms with Crippen molar-refractivity contribution in [2.75, 3.05) is 46.5 Å². The van der Waals surface area contributed by atoms with E-state index in [4.69, 9.17) is 9.47 Å². The number of aliphatic imine (C=N–C) groups is 1. The highest BCUT2D eigenvalue weighted by Gasteiger charge is 2.42. The van der Waals surface area contributed by atoms with Gasteiger partial charge in [0.15, 0.2) is 5.96 Å². The Morgan fingerprint density at radius 1 is 1.33 bits per heavy atom. The smallest absolute Gasteiger partial charge is 0.193 e. The van der Waals surface area contributed by atoms with E-state index < -0.39 is 0 Å². The standard InChI is InChI=1S/C19H27N3O2/c1-20-18(22-9-7-19(13-22)8-11-23-14-19)21-12-15-6-10-24-17-5-3-2-4-16(15)17/h2-5,15H,6-14H2,1H3,(H,20,21). The van der Waals surface area contributed by atoms with Crippen molar-refractivity contribution < 1.29 is 9.47 Å². The molecular formula is C19H27N3O2. The van der Waals surface area contributed by atoms with Crippen molar-refractivity contribution in [2.24, 2.45) is 10.4 Å². The molecule has 3 aliphatic rings. The molecule has 0 aliphatic carbocycles. The van der Waals surface area contributed by atoms with Crippen LogP contribution in [0.1, 0.15) is 30.7 Å². The van der Waals surface area contributed by atoms with E-state index in [1.165, 1.54) is 18.4 Å². The van der Waals surface area contributed by atoms with Crippen molar-refractivity contribution in [2.45, 2.75) is 25.2 Å². The number of guanidine groups is 1. The minimum Gasteiger partial charge on any atom is -0.493 e. The molecule has 3 heterocycles. The van der Waals surface area contributed by atoms with Crippen molar-refractivity contribution in [3.8, 4) is 5.75 Å². The van der Waals surface area contributed by atoms with Gasteiger partial charge in [-0.15, -0.1) is 0 Å². The SMILES string of the molecule is CN=C(NCC1CCOc2ccccc21)N1CCC2(CCOC2)C1. The number of nitrogens with one attached hydrogen (secondary N) is 1. The van der Waals surface area contributed by atoms with Crippen molar-refractivity contribution in [1.29, 1.82) is 0 Å². The van der Waals surface area contributed by atoms with Crippen molar-refractivity contribution in [3.05, 3.63) is 29.8 Å². The molecule has 0 bridgehead atoms. The molecule has 2 atom stereocenters. The predicted octanol–water partition coefficient (Wildman–Crippen LogP) is 2.24. The Morgan fingerprint density at radius 2 is 2.25 bits per heavy atom. The van der Waals surface area contributed by atoms with Crippen LogP contribution in [-0.2, 0) is 4.74 Å². The molecule has 0 radical (unpaired) electrons. The summed E-state index contributed by atoms with van der Waals surface area (Å²) < 4.78 is 11.4. The van der Waals surface area contributed by atoms with Crippen LogP contribution in [0.25, 0.3) is 0 Å². The van der Waals surface area contributed by atoms with Gasteiger partial charge in [0.25, 0.3) is 0 Å². The van der Waals surface area contributed by atoms with Crippen LogP contribution in [0.4, 0.5) is 0 Å². The lowest BCUT2D eigenvalue weighted by Crippen LogP contribution is -2.43. The fraction of sp³-hybridized carbons (Fsp3) is 0.632. The summed E-state index contributed by atoms with van der Waals surface area (Å²) >= 11 is 0. The Kier molecular flexibility index (Phi) is 4.35. The summed E-state index contributed by atoms with van der Waals surface area (Å²) in [5.41, 5.74) is 1.68. The van der Waals surface area contributed by atoms with Gasteiger partial charge < -0.3 is 19.7 Å². The normalized spacial score (nSPS) is 29.6. The quantitative estimate of drug-likeness (QED) is 0.668. The number of fused-ring (bicyclic) bond motifs is 1. The molecule has 1 spiro atoms. The fourth-order valence-corrected chi connectivity index (χ4v) is 4.26. The van der Waals surface area contributed by atoms with E-state index in [-0.39, 0.29) is 0 Å². The van der Waals surface area contributed by atoms with Gasteiger partial charge in [-0.2, -0.15) is 0 Å². The molecule has 2 saturated heterocycles. The van der Waals surface area contributed by atoms with E-state index in [9.17, 15) is 0 Å². The van der Waals surface area contributed by atoms with Crippen LogP contribution in [0.15, 0.2) is 29.3 Å². The molecule has 0 aromatic heterocycles. The number of hydrogen-bond donors (Lipinski definition) is 1. The number of ether oxygens (including phenoxy) is 2. The molecule has 5 heteroatoms. The Bertz CT molecular complexity index is 610. The third-order valence-electron chi connectivity index (χ3n) is 5.72. The summed E-state index contributed by atoms with van der Waals surface area (Å²) in [6, 6.07) is 8.39. The first kappa shape index (κ1) is 15.8. The maximum Gasteiger partial charge on any atom is 0.193 e. The minimum absolute atomic E-state index is 0.364. The van der Waals surface area contributed by atoms with Gasteiger partial charge in [0.2, 0.25) is 0 Å². The summed E-state index contributed by atoms with van der Waals surface area (Å²) in [6.45, 7) is 5.68. The average Bonchev–Trinajstić information content (AvgIpc) is 3.26. The lowest BCUT2D eigenvalue weighted by Gasteiger charge is -2.29. The number of nitrogens with zero attached hydrogens (tertiary/aromatic N) is 2. The zero-order valence-corrected chi connectivity index (χ0v) is 14.5. The zero-order chi connectivity index (χ0) is 16.4. The number of para-hydroxylation sites is 1. The molecular weight excluding hydrogens is 302 g/mol. The number of hydrogen-bond acceptors (Lipinski definition) is 3. The van der Waals surface area contributed by atoms with E-state index in [0.29, 0.717) is 11.3 Å². The second-order valence-corrected chi connectivity index (χ2v) is 7.27.